The van der Waals surface area contributed by atoms with Crippen molar-refractivity contribution in [2.24, 2.45) is 0 Å². The Morgan fingerprint density at radius 2 is 1.54 bits per heavy atom. The minimum atomic E-state index is -4.51. The van der Waals surface area contributed by atoms with Crippen LogP contribution >= 0.6 is 11.6 Å². The summed E-state index contributed by atoms with van der Waals surface area (Å²) in [6.45, 7) is 0. The molecule has 1 heterocycles. The molecule has 0 atom stereocenters. The summed E-state index contributed by atoms with van der Waals surface area (Å²) in [5, 5.41) is 9.07. The van der Waals surface area contributed by atoms with E-state index in [1.807, 2.05) is 24.3 Å². The van der Waals surface area contributed by atoms with Crippen molar-refractivity contribution in [2.45, 2.75) is 12.6 Å². The lowest BCUT2D eigenvalue weighted by atomic mass is 10.0. The monoisotopic (exact) mass is 379 g/mol. The van der Waals surface area contributed by atoms with Crippen LogP contribution in [0.2, 0.25) is 5.02 Å². The second kappa shape index (κ2) is 7.25. The summed E-state index contributed by atoms with van der Waals surface area (Å²) >= 11 is 5.83. The first-order valence-electron chi connectivity index (χ1n) is 7.59. The van der Waals surface area contributed by atoms with E-state index in [4.69, 9.17) is 16.3 Å². The van der Waals surface area contributed by atoms with Crippen molar-refractivity contribution in [3.05, 3.63) is 82.5 Å². The van der Waals surface area contributed by atoms with E-state index in [1.54, 1.807) is 24.3 Å². The molecule has 0 aliphatic carbocycles. The minimum absolute atomic E-state index is 0.0917. The topological polar surface area (TPSA) is 42.4 Å². The van der Waals surface area contributed by atoms with Gasteiger partial charge < -0.3 is 9.84 Å². The number of ether oxygens (including phenoxy) is 1. The maximum Gasteiger partial charge on any atom is 0.417 e. The molecular weight excluding hydrogens is 367 g/mol. The van der Waals surface area contributed by atoms with Crippen molar-refractivity contribution in [3.8, 4) is 17.4 Å². The average Bonchev–Trinajstić information content (AvgIpc) is 2.59. The largest absolute Gasteiger partial charge is 0.508 e. The van der Waals surface area contributed by atoms with Crippen molar-refractivity contribution in [2.75, 3.05) is 0 Å². The van der Waals surface area contributed by atoms with E-state index in [-0.39, 0.29) is 16.7 Å². The number of halogens is 4. The Balaban J connectivity index is 1.70. The molecule has 0 aliphatic heterocycles. The Kier molecular flexibility index (Phi) is 5.04. The van der Waals surface area contributed by atoms with Gasteiger partial charge in [-0.15, -0.1) is 0 Å². The van der Waals surface area contributed by atoms with Gasteiger partial charge in [0.05, 0.1) is 5.56 Å². The van der Waals surface area contributed by atoms with Crippen LogP contribution in [0.5, 0.6) is 17.4 Å². The van der Waals surface area contributed by atoms with Crippen LogP contribution in [0, 0.1) is 0 Å². The molecule has 1 N–H and O–H groups in total. The van der Waals surface area contributed by atoms with Crippen molar-refractivity contribution in [1.82, 2.24) is 4.98 Å². The normalized spacial score (nSPS) is 11.4. The Hall–Kier alpha value is -2.73. The maximum atomic E-state index is 12.6. The predicted octanol–water partition coefficient (Wildman–Crippen LogP) is 5.84. The summed E-state index contributed by atoms with van der Waals surface area (Å²) in [7, 11) is 0. The summed E-state index contributed by atoms with van der Waals surface area (Å²) in [5.41, 5.74) is 1.11. The molecule has 0 radical (unpaired) electrons. The van der Waals surface area contributed by atoms with Gasteiger partial charge in [-0.05, 0) is 47.9 Å². The molecule has 0 aliphatic rings. The molecule has 0 fully saturated rings. The second-order valence-corrected chi connectivity index (χ2v) is 6.01. The number of rotatable bonds is 4. The number of aromatic nitrogens is 1. The summed E-state index contributed by atoms with van der Waals surface area (Å²) in [6.07, 6.45) is -3.16. The van der Waals surface area contributed by atoms with Gasteiger partial charge in [-0.25, -0.2) is 4.98 Å². The molecule has 0 saturated carbocycles. The third-order valence-corrected chi connectivity index (χ3v) is 3.89. The molecule has 3 aromatic rings. The van der Waals surface area contributed by atoms with Gasteiger partial charge in [0, 0.05) is 6.20 Å². The van der Waals surface area contributed by atoms with E-state index in [9.17, 15) is 18.3 Å². The van der Waals surface area contributed by atoms with Gasteiger partial charge >= 0.3 is 6.18 Å². The zero-order chi connectivity index (χ0) is 18.7. The van der Waals surface area contributed by atoms with E-state index in [0.717, 1.165) is 17.2 Å². The first-order valence-corrected chi connectivity index (χ1v) is 7.96. The number of benzene rings is 2. The van der Waals surface area contributed by atoms with E-state index < -0.39 is 11.7 Å². The van der Waals surface area contributed by atoms with Gasteiger partial charge in [-0.2, -0.15) is 13.2 Å². The third kappa shape index (κ3) is 4.46. The van der Waals surface area contributed by atoms with E-state index in [1.165, 1.54) is 0 Å². The Bertz CT molecular complexity index is 894. The van der Waals surface area contributed by atoms with Crippen molar-refractivity contribution in [3.63, 3.8) is 0 Å². The average molecular weight is 380 g/mol. The first kappa shape index (κ1) is 18.1. The number of aromatic hydroxyl groups is 1. The molecule has 26 heavy (non-hydrogen) atoms. The number of hydrogen-bond donors (Lipinski definition) is 1. The molecule has 0 spiro atoms. The lowest BCUT2D eigenvalue weighted by Crippen LogP contribution is -2.05. The highest BCUT2D eigenvalue weighted by Gasteiger charge is 2.31. The van der Waals surface area contributed by atoms with Crippen LogP contribution in [0.4, 0.5) is 13.2 Å². The number of hydrogen-bond acceptors (Lipinski definition) is 3. The fourth-order valence-electron chi connectivity index (χ4n) is 2.29. The van der Waals surface area contributed by atoms with E-state index >= 15 is 0 Å². The molecule has 2 aromatic carbocycles. The van der Waals surface area contributed by atoms with Gasteiger partial charge in [0.2, 0.25) is 5.88 Å². The second-order valence-electron chi connectivity index (χ2n) is 5.60. The van der Waals surface area contributed by atoms with Gasteiger partial charge in [0.15, 0.2) is 0 Å². The van der Waals surface area contributed by atoms with E-state index in [0.29, 0.717) is 18.4 Å². The lowest BCUT2D eigenvalue weighted by Gasteiger charge is -2.10. The van der Waals surface area contributed by atoms with Gasteiger partial charge in [0.25, 0.3) is 0 Å². The Morgan fingerprint density at radius 3 is 2.08 bits per heavy atom. The minimum Gasteiger partial charge on any atom is -0.508 e. The van der Waals surface area contributed by atoms with Gasteiger partial charge in [-0.3, -0.25) is 0 Å². The molecular formula is C19H13ClF3NO2. The smallest absolute Gasteiger partial charge is 0.417 e. The van der Waals surface area contributed by atoms with Gasteiger partial charge in [-0.1, -0.05) is 35.9 Å². The van der Waals surface area contributed by atoms with Crippen LogP contribution in [-0.2, 0) is 12.6 Å². The molecule has 134 valence electrons. The van der Waals surface area contributed by atoms with Crippen LogP contribution in [-0.4, -0.2) is 10.1 Å². The quantitative estimate of drug-likeness (QED) is 0.619. The molecule has 0 saturated heterocycles. The van der Waals surface area contributed by atoms with E-state index in [2.05, 4.69) is 4.98 Å². The zero-order valence-corrected chi connectivity index (χ0v) is 14.1. The van der Waals surface area contributed by atoms with Crippen LogP contribution in [0.1, 0.15) is 16.7 Å². The highest BCUT2D eigenvalue weighted by molar-refractivity contribution is 6.31. The molecule has 3 nitrogen and oxygen atoms in total. The van der Waals surface area contributed by atoms with Crippen molar-refractivity contribution in [1.29, 1.82) is 0 Å². The fourth-order valence-corrected chi connectivity index (χ4v) is 2.50. The summed E-state index contributed by atoms with van der Waals surface area (Å²) in [6, 6.07) is 14.7. The Labute approximate surface area is 152 Å². The first-order chi connectivity index (χ1) is 12.3. The van der Waals surface area contributed by atoms with Crippen LogP contribution in [0.3, 0.4) is 0 Å². The number of alkyl halides is 3. The number of pyridine rings is 1. The van der Waals surface area contributed by atoms with Gasteiger partial charge in [0.1, 0.15) is 16.5 Å². The highest BCUT2D eigenvalue weighted by Crippen LogP contribution is 2.34. The summed E-state index contributed by atoms with van der Waals surface area (Å²) < 4.78 is 43.3. The predicted molar refractivity (Wildman–Crippen MR) is 91.7 cm³/mol. The molecule has 0 bridgehead atoms. The molecule has 0 unspecified atom stereocenters. The Morgan fingerprint density at radius 1 is 0.962 bits per heavy atom. The standard InChI is InChI=1S/C19H13ClF3NO2/c20-17-10-14(19(21,22)23)11-24-18(17)26-16-7-3-13(4-8-16)9-12-1-5-15(25)6-2-12/h1-8,10-11,25H,9H2. The number of phenols is 1. The van der Waals surface area contributed by atoms with Crippen molar-refractivity contribution >= 4 is 11.6 Å². The number of phenolic OH excluding ortho intramolecular Hbond substituents is 1. The molecule has 7 heteroatoms. The van der Waals surface area contributed by atoms with Crippen LogP contribution in [0.25, 0.3) is 0 Å². The van der Waals surface area contributed by atoms with Crippen LogP contribution in [0.15, 0.2) is 60.8 Å². The summed E-state index contributed by atoms with van der Waals surface area (Å²) in [4.78, 5) is 3.64. The number of nitrogens with zero attached hydrogens (tertiary/aromatic N) is 1. The van der Waals surface area contributed by atoms with Crippen LogP contribution < -0.4 is 4.74 Å². The third-order valence-electron chi connectivity index (χ3n) is 3.62. The lowest BCUT2D eigenvalue weighted by molar-refractivity contribution is -0.137. The molecule has 3 rings (SSSR count). The molecule has 1 aromatic heterocycles. The highest BCUT2D eigenvalue weighted by atomic mass is 35.5. The van der Waals surface area contributed by atoms with Crippen molar-refractivity contribution < 1.29 is 23.0 Å². The maximum absolute atomic E-state index is 12.6. The zero-order valence-electron chi connectivity index (χ0n) is 13.3. The fraction of sp³-hybridized carbons (Fsp3) is 0.105. The SMILES string of the molecule is Oc1ccc(Cc2ccc(Oc3ncc(C(F)(F)F)cc3Cl)cc2)cc1. The summed E-state index contributed by atoms with van der Waals surface area (Å²) in [5.74, 6) is 0.526. The molecule has 0 amide bonds.